The number of H-pyrrole nitrogens is 1. The third-order valence-corrected chi connectivity index (χ3v) is 8.01. The van der Waals surface area contributed by atoms with Crippen molar-refractivity contribution in [2.45, 2.75) is 51.1 Å². The number of carbonyl (C=O) groups is 1. The lowest BCUT2D eigenvalue weighted by Gasteiger charge is -2.37. The first-order valence-corrected chi connectivity index (χ1v) is 14.4. The second kappa shape index (κ2) is 13.2. The molecule has 2 heterocycles. The fraction of sp³-hybridized carbons (Fsp3) is 0.312. The Kier molecular flexibility index (Phi) is 9.86. The molecule has 2 aromatic carbocycles. The van der Waals surface area contributed by atoms with E-state index in [2.05, 4.69) is 38.5 Å². The standard InChI is InChI=1S/C32H32Cl2F2N6O/c1-19(35)25(34)8-6-5-7-24-28(30(43)40-22-12-9-20(10-13-22)29-38-18-39-42-29)41-27(16-31(2,3)4)32(24,17-37)23-14-11-21(33)15-26(23)36/h5-6,8-15,18,24,27-28,41H,1,7,16H2,2-4H3,(H,40,43)(H,38,39,42)/b6-5-,25-8+/t24-,27-,28+,32+/m0/s1. The Balaban J connectivity index is 1.76. The summed E-state index contributed by atoms with van der Waals surface area (Å²) in [6.07, 6.45) is 6.59. The summed E-state index contributed by atoms with van der Waals surface area (Å²) >= 11 is 12.0. The average Bonchev–Trinajstić information content (AvgIpc) is 3.58. The van der Waals surface area contributed by atoms with Gasteiger partial charge in [-0.15, -0.1) is 0 Å². The molecule has 0 saturated carbocycles. The first-order chi connectivity index (χ1) is 20.4. The summed E-state index contributed by atoms with van der Waals surface area (Å²) in [5.74, 6) is -1.96. The Hall–Kier alpha value is -3.84. The van der Waals surface area contributed by atoms with Crippen LogP contribution in [0.15, 0.2) is 84.5 Å². The number of nitrogens with one attached hydrogen (secondary N) is 3. The van der Waals surface area contributed by atoms with Crippen LogP contribution in [0.3, 0.4) is 0 Å². The number of aromatic amines is 1. The molecule has 1 fully saturated rings. The summed E-state index contributed by atoms with van der Waals surface area (Å²) in [5.41, 5.74) is -0.270. The van der Waals surface area contributed by atoms with Crippen molar-refractivity contribution in [1.82, 2.24) is 20.5 Å². The number of hydrogen-bond donors (Lipinski definition) is 3. The van der Waals surface area contributed by atoms with Crippen LogP contribution in [0.1, 0.15) is 39.2 Å². The Morgan fingerprint density at radius 3 is 2.56 bits per heavy atom. The number of benzene rings is 2. The second-order valence-electron chi connectivity index (χ2n) is 11.7. The number of nitrogens with zero attached hydrogens (tertiary/aromatic N) is 3. The van der Waals surface area contributed by atoms with Crippen molar-refractivity contribution < 1.29 is 13.6 Å². The van der Waals surface area contributed by atoms with Crippen molar-refractivity contribution in [3.05, 3.63) is 101 Å². The van der Waals surface area contributed by atoms with E-state index in [0.29, 0.717) is 17.9 Å². The predicted octanol–water partition coefficient (Wildman–Crippen LogP) is 7.61. The predicted molar refractivity (Wildman–Crippen MR) is 165 cm³/mol. The van der Waals surface area contributed by atoms with Crippen LogP contribution >= 0.6 is 23.2 Å². The maximum absolute atomic E-state index is 15.7. The molecule has 0 bridgehead atoms. The van der Waals surface area contributed by atoms with Gasteiger partial charge in [0.1, 0.15) is 23.4 Å². The van der Waals surface area contributed by atoms with E-state index in [-0.39, 0.29) is 33.4 Å². The molecule has 7 nitrogen and oxygen atoms in total. The van der Waals surface area contributed by atoms with Gasteiger partial charge in [0.25, 0.3) is 0 Å². The number of hydrogen-bond acceptors (Lipinski definition) is 5. The van der Waals surface area contributed by atoms with Crippen molar-refractivity contribution >= 4 is 34.8 Å². The normalized spacial score (nSPS) is 22.5. The molecule has 0 spiro atoms. The number of amides is 1. The number of nitriles is 1. The molecule has 0 radical (unpaired) electrons. The molecule has 3 aromatic rings. The van der Waals surface area contributed by atoms with Gasteiger partial charge in [-0.25, -0.2) is 13.8 Å². The van der Waals surface area contributed by atoms with Crippen LogP contribution in [-0.2, 0) is 10.2 Å². The Morgan fingerprint density at radius 2 is 1.98 bits per heavy atom. The molecule has 1 aliphatic heterocycles. The summed E-state index contributed by atoms with van der Waals surface area (Å²) in [4.78, 5) is 18.0. The number of halogens is 4. The van der Waals surface area contributed by atoms with Crippen LogP contribution in [0.2, 0.25) is 5.02 Å². The highest BCUT2D eigenvalue weighted by molar-refractivity contribution is 6.31. The maximum Gasteiger partial charge on any atom is 0.241 e. The molecule has 3 N–H and O–H groups in total. The van der Waals surface area contributed by atoms with Crippen LogP contribution in [0, 0.1) is 28.5 Å². The molecule has 1 aliphatic rings. The molecule has 0 aliphatic carbocycles. The average molecular weight is 626 g/mol. The van der Waals surface area contributed by atoms with Crippen molar-refractivity contribution in [3.63, 3.8) is 0 Å². The zero-order valence-corrected chi connectivity index (χ0v) is 25.5. The number of carbonyl (C=O) groups excluding carboxylic acids is 1. The number of allylic oxidation sites excluding steroid dienone is 5. The Morgan fingerprint density at radius 1 is 1.26 bits per heavy atom. The van der Waals surface area contributed by atoms with Gasteiger partial charge in [-0.3, -0.25) is 9.89 Å². The number of anilines is 1. The molecule has 1 aromatic heterocycles. The van der Waals surface area contributed by atoms with Crippen molar-refractivity contribution in [3.8, 4) is 17.5 Å². The van der Waals surface area contributed by atoms with Gasteiger partial charge in [-0.05, 0) is 60.7 Å². The first-order valence-electron chi connectivity index (χ1n) is 13.6. The second-order valence-corrected chi connectivity index (χ2v) is 12.5. The molecular formula is C32H32Cl2F2N6O. The van der Waals surface area contributed by atoms with Gasteiger partial charge in [0.15, 0.2) is 5.82 Å². The van der Waals surface area contributed by atoms with E-state index in [9.17, 15) is 14.4 Å². The lowest BCUT2D eigenvalue weighted by Crippen LogP contribution is -2.45. The van der Waals surface area contributed by atoms with E-state index >= 15 is 4.39 Å². The number of rotatable bonds is 9. The fourth-order valence-corrected chi connectivity index (χ4v) is 5.81. The topological polar surface area (TPSA) is 106 Å². The molecule has 1 amide bonds. The highest BCUT2D eigenvalue weighted by Gasteiger charge is 2.59. The summed E-state index contributed by atoms with van der Waals surface area (Å²) in [5, 5.41) is 23.9. The zero-order valence-electron chi connectivity index (χ0n) is 24.0. The van der Waals surface area contributed by atoms with Gasteiger partial charge in [0.05, 0.1) is 17.1 Å². The van der Waals surface area contributed by atoms with Gasteiger partial charge in [0.2, 0.25) is 5.91 Å². The van der Waals surface area contributed by atoms with Gasteiger partial charge in [-0.1, -0.05) is 68.8 Å². The monoisotopic (exact) mass is 624 g/mol. The number of aromatic nitrogens is 3. The van der Waals surface area contributed by atoms with E-state index in [0.717, 1.165) is 5.56 Å². The summed E-state index contributed by atoms with van der Waals surface area (Å²) in [6, 6.07) is 12.2. The highest BCUT2D eigenvalue weighted by atomic mass is 35.5. The molecule has 11 heteroatoms. The van der Waals surface area contributed by atoms with Crippen molar-refractivity contribution in [2.24, 2.45) is 11.3 Å². The van der Waals surface area contributed by atoms with Crippen molar-refractivity contribution in [2.75, 3.05) is 5.32 Å². The lowest BCUT2D eigenvalue weighted by molar-refractivity contribution is -0.118. The van der Waals surface area contributed by atoms with E-state index in [1.54, 1.807) is 36.4 Å². The molecule has 1 saturated heterocycles. The van der Waals surface area contributed by atoms with Crippen LogP contribution in [0.25, 0.3) is 11.4 Å². The third kappa shape index (κ3) is 7.21. The van der Waals surface area contributed by atoms with E-state index < -0.39 is 35.1 Å². The minimum absolute atomic E-state index is 0.150. The van der Waals surface area contributed by atoms with Crippen LogP contribution < -0.4 is 10.6 Å². The molecular weight excluding hydrogens is 593 g/mol. The van der Waals surface area contributed by atoms with Crippen LogP contribution in [-0.4, -0.2) is 33.2 Å². The summed E-state index contributed by atoms with van der Waals surface area (Å²) in [6.45, 7) is 9.23. The van der Waals surface area contributed by atoms with Gasteiger partial charge >= 0.3 is 0 Å². The van der Waals surface area contributed by atoms with E-state index in [4.69, 9.17) is 23.2 Å². The molecule has 224 valence electrons. The van der Waals surface area contributed by atoms with Crippen LogP contribution in [0.5, 0.6) is 0 Å². The minimum atomic E-state index is -1.46. The van der Waals surface area contributed by atoms with Gasteiger partial charge in [-0.2, -0.15) is 10.4 Å². The van der Waals surface area contributed by atoms with E-state index in [1.807, 2.05) is 20.8 Å². The van der Waals surface area contributed by atoms with Crippen molar-refractivity contribution in [1.29, 1.82) is 5.26 Å². The molecule has 43 heavy (non-hydrogen) atoms. The minimum Gasteiger partial charge on any atom is -0.325 e. The van der Waals surface area contributed by atoms with E-state index in [1.165, 1.54) is 30.6 Å². The summed E-state index contributed by atoms with van der Waals surface area (Å²) in [7, 11) is 0. The Bertz CT molecular complexity index is 1570. The zero-order chi connectivity index (χ0) is 31.4. The largest absolute Gasteiger partial charge is 0.325 e. The molecule has 0 unspecified atom stereocenters. The molecule has 4 rings (SSSR count). The smallest absolute Gasteiger partial charge is 0.241 e. The first kappa shape index (κ1) is 32.1. The van der Waals surface area contributed by atoms with Gasteiger partial charge < -0.3 is 10.6 Å². The Labute approximate surface area is 259 Å². The lowest BCUT2D eigenvalue weighted by atomic mass is 9.63. The molecule has 4 atom stereocenters. The fourth-order valence-electron chi connectivity index (χ4n) is 5.58. The summed E-state index contributed by atoms with van der Waals surface area (Å²) < 4.78 is 29.0. The quantitative estimate of drug-likeness (QED) is 0.212. The third-order valence-electron chi connectivity index (χ3n) is 7.45. The maximum atomic E-state index is 15.7. The van der Waals surface area contributed by atoms with Crippen LogP contribution in [0.4, 0.5) is 14.5 Å². The SMILES string of the molecule is C=C(F)/C(Cl)=C\C=C/C[C@H]1[C@H](C(=O)Nc2ccc(-c3ncn[nH]3)cc2)N[C@@H](CC(C)(C)C)[C@]1(C#N)c1ccc(Cl)cc1F. The van der Waals surface area contributed by atoms with Gasteiger partial charge in [0, 0.05) is 33.8 Å². The highest BCUT2D eigenvalue weighted by Crippen LogP contribution is 2.49.